The largest absolute Gasteiger partial charge is 0.481 e. The van der Waals surface area contributed by atoms with Crippen molar-refractivity contribution in [2.75, 3.05) is 0 Å². The topological polar surface area (TPSA) is 99.8 Å². The Labute approximate surface area is 114 Å². The second kappa shape index (κ2) is 4.64. The fourth-order valence-electron chi connectivity index (χ4n) is 2.36. The minimum Gasteiger partial charge on any atom is -0.481 e. The predicted molar refractivity (Wildman–Crippen MR) is 71.3 cm³/mol. The van der Waals surface area contributed by atoms with E-state index in [0.717, 1.165) is 5.52 Å². The minimum absolute atomic E-state index is 0.0815. The molecule has 0 saturated heterocycles. The van der Waals surface area contributed by atoms with Crippen LogP contribution < -0.4 is 0 Å². The Balaban J connectivity index is 2.77. The summed E-state index contributed by atoms with van der Waals surface area (Å²) < 4.78 is 1.66. The first kappa shape index (κ1) is 14.1. The van der Waals surface area contributed by atoms with Crippen molar-refractivity contribution in [1.29, 1.82) is 0 Å². The number of aliphatic hydroxyl groups is 1. The van der Waals surface area contributed by atoms with Gasteiger partial charge in [-0.1, -0.05) is 18.2 Å². The number of aliphatic carboxylic acids is 2. The average Bonchev–Trinajstić information content (AvgIpc) is 2.75. The number of carbonyl (C=O) groups is 2. The second-order valence-electron chi connectivity index (χ2n) is 4.80. The highest BCUT2D eigenvalue weighted by Gasteiger charge is 2.48. The molecule has 0 bridgehead atoms. The number of aryl methyl sites for hydroxylation is 1. The van der Waals surface area contributed by atoms with Gasteiger partial charge in [-0.2, -0.15) is 0 Å². The summed E-state index contributed by atoms with van der Waals surface area (Å²) >= 11 is 0. The van der Waals surface area contributed by atoms with Crippen molar-refractivity contribution < 1.29 is 24.9 Å². The van der Waals surface area contributed by atoms with E-state index in [1.807, 2.05) is 0 Å². The molecule has 0 aliphatic carbocycles. The van der Waals surface area contributed by atoms with Crippen LogP contribution >= 0.6 is 0 Å². The molecule has 1 aromatic heterocycles. The van der Waals surface area contributed by atoms with E-state index in [1.54, 1.807) is 35.9 Å². The number of hydrogen-bond acceptors (Lipinski definition) is 3. The van der Waals surface area contributed by atoms with Gasteiger partial charge >= 0.3 is 11.9 Å². The third kappa shape index (κ3) is 1.85. The number of para-hydroxylation sites is 1. The number of rotatable bonds is 4. The lowest BCUT2D eigenvalue weighted by molar-refractivity contribution is -0.174. The Morgan fingerprint density at radius 3 is 2.40 bits per heavy atom. The number of benzene rings is 1. The zero-order chi connectivity index (χ0) is 15.1. The third-order valence-electron chi connectivity index (χ3n) is 3.63. The number of carboxylic acid groups (broad SMARTS) is 2. The Bertz CT molecular complexity index is 690. The van der Waals surface area contributed by atoms with Gasteiger partial charge in [-0.05, 0) is 13.0 Å². The Morgan fingerprint density at radius 1 is 1.25 bits per heavy atom. The molecule has 0 fully saturated rings. The van der Waals surface area contributed by atoms with Crippen LogP contribution in [0, 0.1) is 5.92 Å². The van der Waals surface area contributed by atoms with Gasteiger partial charge in [0.15, 0.2) is 0 Å². The molecule has 3 N–H and O–H groups in total. The van der Waals surface area contributed by atoms with Gasteiger partial charge in [-0.3, -0.25) is 4.79 Å². The molecule has 0 saturated carbocycles. The van der Waals surface area contributed by atoms with Crippen LogP contribution in [0.1, 0.15) is 12.5 Å². The van der Waals surface area contributed by atoms with Gasteiger partial charge in [0.25, 0.3) is 0 Å². The van der Waals surface area contributed by atoms with Gasteiger partial charge in [0.2, 0.25) is 5.60 Å². The zero-order valence-corrected chi connectivity index (χ0v) is 11.1. The molecule has 20 heavy (non-hydrogen) atoms. The lowest BCUT2D eigenvalue weighted by Crippen LogP contribution is -2.45. The van der Waals surface area contributed by atoms with E-state index >= 15 is 0 Å². The molecule has 2 aromatic rings. The molecule has 0 unspecified atom stereocenters. The summed E-state index contributed by atoms with van der Waals surface area (Å²) in [4.78, 5) is 22.6. The van der Waals surface area contributed by atoms with Crippen molar-refractivity contribution in [3.8, 4) is 0 Å². The van der Waals surface area contributed by atoms with Crippen LogP contribution in [0.4, 0.5) is 0 Å². The van der Waals surface area contributed by atoms with Crippen molar-refractivity contribution in [3.63, 3.8) is 0 Å². The molecule has 0 aliphatic rings. The van der Waals surface area contributed by atoms with Gasteiger partial charge in [-0.15, -0.1) is 0 Å². The van der Waals surface area contributed by atoms with Crippen molar-refractivity contribution in [3.05, 3.63) is 36.0 Å². The summed E-state index contributed by atoms with van der Waals surface area (Å²) in [6.45, 7) is 1.18. The molecule has 0 aliphatic heterocycles. The van der Waals surface area contributed by atoms with Crippen LogP contribution in [-0.2, 0) is 22.2 Å². The normalized spacial score (nSPS) is 15.8. The lowest BCUT2D eigenvalue weighted by atomic mass is 9.82. The molecule has 106 valence electrons. The Kier molecular flexibility index (Phi) is 3.27. The number of nitrogens with zero attached hydrogens (tertiary/aromatic N) is 1. The van der Waals surface area contributed by atoms with Gasteiger partial charge in [-0.25, -0.2) is 4.79 Å². The first-order chi connectivity index (χ1) is 9.30. The number of hydrogen-bond donors (Lipinski definition) is 3. The Hall–Kier alpha value is -2.34. The van der Waals surface area contributed by atoms with Crippen LogP contribution in [0.3, 0.4) is 0 Å². The van der Waals surface area contributed by atoms with E-state index in [1.165, 1.54) is 13.1 Å². The van der Waals surface area contributed by atoms with Crippen LogP contribution in [-0.4, -0.2) is 31.8 Å². The smallest absolute Gasteiger partial charge is 0.341 e. The van der Waals surface area contributed by atoms with Crippen molar-refractivity contribution in [2.24, 2.45) is 13.0 Å². The maximum atomic E-state index is 11.5. The van der Waals surface area contributed by atoms with E-state index in [2.05, 4.69) is 0 Å². The van der Waals surface area contributed by atoms with E-state index in [-0.39, 0.29) is 5.56 Å². The first-order valence-electron chi connectivity index (χ1n) is 6.03. The average molecular weight is 277 g/mol. The number of aromatic nitrogens is 1. The Morgan fingerprint density at radius 2 is 1.85 bits per heavy atom. The summed E-state index contributed by atoms with van der Waals surface area (Å²) in [5.74, 6) is -4.43. The maximum Gasteiger partial charge on any atom is 0.341 e. The van der Waals surface area contributed by atoms with Crippen LogP contribution in [0.5, 0.6) is 0 Å². The zero-order valence-electron chi connectivity index (χ0n) is 11.1. The summed E-state index contributed by atoms with van der Waals surface area (Å²) in [5.41, 5.74) is -1.68. The highest BCUT2D eigenvalue weighted by atomic mass is 16.4. The second-order valence-corrected chi connectivity index (χ2v) is 4.80. The highest BCUT2D eigenvalue weighted by Crippen LogP contribution is 2.36. The summed E-state index contributed by atoms with van der Waals surface area (Å²) in [6, 6.07) is 6.92. The SMILES string of the molecule is C[C@H](C(=O)O)[C@@](O)(C(=O)O)c1cn(C)c2ccccc12. The molecule has 1 aromatic carbocycles. The quantitative estimate of drug-likeness (QED) is 0.779. The van der Waals surface area contributed by atoms with Crippen LogP contribution in [0.25, 0.3) is 10.9 Å². The molecule has 2 rings (SSSR count). The molecule has 6 heteroatoms. The van der Waals surface area contributed by atoms with Crippen LogP contribution in [0.2, 0.25) is 0 Å². The summed E-state index contributed by atoms with van der Waals surface area (Å²) in [5, 5.41) is 29.5. The van der Waals surface area contributed by atoms with Gasteiger partial charge in [0.1, 0.15) is 0 Å². The van der Waals surface area contributed by atoms with E-state index in [0.29, 0.717) is 5.39 Å². The predicted octanol–water partition coefficient (Wildman–Crippen LogP) is 1.17. The fourth-order valence-corrected chi connectivity index (χ4v) is 2.36. The van der Waals surface area contributed by atoms with E-state index in [4.69, 9.17) is 5.11 Å². The fraction of sp³-hybridized carbons (Fsp3) is 0.286. The monoisotopic (exact) mass is 277 g/mol. The highest BCUT2D eigenvalue weighted by molar-refractivity contribution is 5.94. The van der Waals surface area contributed by atoms with Crippen molar-refractivity contribution >= 4 is 22.8 Å². The van der Waals surface area contributed by atoms with Crippen molar-refractivity contribution in [1.82, 2.24) is 4.57 Å². The van der Waals surface area contributed by atoms with Crippen molar-refractivity contribution in [2.45, 2.75) is 12.5 Å². The molecular weight excluding hydrogens is 262 g/mol. The van der Waals surface area contributed by atoms with Gasteiger partial charge < -0.3 is 19.9 Å². The molecule has 0 spiro atoms. The first-order valence-corrected chi connectivity index (χ1v) is 6.03. The van der Waals surface area contributed by atoms with Crippen LogP contribution in [0.15, 0.2) is 30.5 Å². The third-order valence-corrected chi connectivity index (χ3v) is 3.63. The number of fused-ring (bicyclic) bond motifs is 1. The standard InChI is InChI=1S/C14H15NO5/c1-8(12(16)17)14(20,13(18)19)10-7-15(2)11-6-4-3-5-9(10)11/h3-8,20H,1-2H3,(H,16,17)(H,18,19)/t8-,14+/m1/s1. The molecule has 0 radical (unpaired) electrons. The van der Waals surface area contributed by atoms with E-state index < -0.39 is 23.5 Å². The minimum atomic E-state index is -2.48. The molecule has 6 nitrogen and oxygen atoms in total. The van der Waals surface area contributed by atoms with E-state index in [9.17, 15) is 19.8 Å². The maximum absolute atomic E-state index is 11.5. The number of carboxylic acids is 2. The summed E-state index contributed by atoms with van der Waals surface area (Å²) in [6.07, 6.45) is 1.46. The molecular formula is C14H15NO5. The van der Waals surface area contributed by atoms with Gasteiger partial charge in [0.05, 0.1) is 5.92 Å². The lowest BCUT2D eigenvalue weighted by Gasteiger charge is -2.27. The molecule has 2 atom stereocenters. The summed E-state index contributed by atoms with van der Waals surface area (Å²) in [7, 11) is 1.71. The molecule has 1 heterocycles. The molecule has 0 amide bonds. The van der Waals surface area contributed by atoms with Gasteiger partial charge in [0, 0.05) is 29.7 Å².